The quantitative estimate of drug-likeness (QED) is 0.777. The predicted molar refractivity (Wildman–Crippen MR) is 66.6 cm³/mol. The van der Waals surface area contributed by atoms with Crippen LogP contribution in [0.2, 0.25) is 0 Å². The molecule has 2 aliphatic rings. The average Bonchev–Trinajstić information content (AvgIpc) is 2.65. The highest BCUT2D eigenvalue weighted by Gasteiger charge is 2.45. The van der Waals surface area contributed by atoms with Crippen LogP contribution in [0.3, 0.4) is 0 Å². The molecule has 1 aliphatic carbocycles. The van der Waals surface area contributed by atoms with Crippen LogP contribution in [0.25, 0.3) is 0 Å². The van der Waals surface area contributed by atoms with E-state index in [4.69, 9.17) is 0 Å². The Morgan fingerprint density at radius 3 is 2.59 bits per heavy atom. The van der Waals surface area contributed by atoms with Gasteiger partial charge in [-0.15, -0.1) is 5.10 Å². The maximum absolute atomic E-state index is 4.19. The summed E-state index contributed by atoms with van der Waals surface area (Å²) < 4.78 is 1.80. The summed E-state index contributed by atoms with van der Waals surface area (Å²) in [5.41, 5.74) is 1.86. The van der Waals surface area contributed by atoms with Crippen LogP contribution in [0.1, 0.15) is 31.4 Å². The van der Waals surface area contributed by atoms with Gasteiger partial charge in [0.2, 0.25) is 0 Å². The van der Waals surface area contributed by atoms with E-state index in [9.17, 15) is 0 Å². The minimum absolute atomic E-state index is 0.694. The second-order valence-corrected chi connectivity index (χ2v) is 6.17. The molecule has 1 saturated heterocycles. The third kappa shape index (κ3) is 2.23. The number of rotatable bonds is 2. The summed E-state index contributed by atoms with van der Waals surface area (Å²) in [5, 5.41) is 8.19. The van der Waals surface area contributed by atoms with Gasteiger partial charge in [-0.25, -0.2) is 0 Å². The molecular formula is C13H22N4. The maximum Gasteiger partial charge on any atom is 0.0829 e. The van der Waals surface area contributed by atoms with E-state index >= 15 is 0 Å². The van der Waals surface area contributed by atoms with Crippen molar-refractivity contribution >= 4 is 0 Å². The van der Waals surface area contributed by atoms with Gasteiger partial charge < -0.3 is 4.90 Å². The summed E-state index contributed by atoms with van der Waals surface area (Å²) in [4.78, 5) is 2.46. The van der Waals surface area contributed by atoms with E-state index in [1.807, 2.05) is 7.05 Å². The van der Waals surface area contributed by atoms with Crippen molar-refractivity contribution in [2.75, 3.05) is 20.1 Å². The Morgan fingerprint density at radius 2 is 2.00 bits per heavy atom. The summed E-state index contributed by atoms with van der Waals surface area (Å²) in [6, 6.07) is 0. The molecular weight excluding hydrogens is 212 g/mol. The molecule has 1 saturated carbocycles. The third-order valence-electron chi connectivity index (χ3n) is 4.64. The molecule has 2 heterocycles. The molecule has 0 bridgehead atoms. The Morgan fingerprint density at radius 1 is 1.29 bits per heavy atom. The molecule has 4 heteroatoms. The molecule has 0 aromatic carbocycles. The zero-order valence-electron chi connectivity index (χ0n) is 10.9. The van der Waals surface area contributed by atoms with Crippen LogP contribution < -0.4 is 0 Å². The summed E-state index contributed by atoms with van der Waals surface area (Å²) >= 11 is 0. The van der Waals surface area contributed by atoms with Gasteiger partial charge in [-0.1, -0.05) is 5.21 Å². The van der Waals surface area contributed by atoms with Crippen LogP contribution in [0.15, 0.2) is 6.20 Å². The number of aromatic nitrogens is 3. The number of hydrogen-bond acceptors (Lipinski definition) is 3. The van der Waals surface area contributed by atoms with E-state index in [0.29, 0.717) is 5.41 Å². The van der Waals surface area contributed by atoms with E-state index in [1.54, 1.807) is 4.68 Å². The molecule has 0 unspecified atom stereocenters. The molecule has 1 spiro atoms. The fourth-order valence-corrected chi connectivity index (χ4v) is 3.59. The smallest absolute Gasteiger partial charge is 0.0829 e. The van der Waals surface area contributed by atoms with Crippen LogP contribution in [0.5, 0.6) is 0 Å². The van der Waals surface area contributed by atoms with Crippen LogP contribution >= 0.6 is 0 Å². The van der Waals surface area contributed by atoms with Crippen LogP contribution in [-0.4, -0.2) is 40.0 Å². The summed E-state index contributed by atoms with van der Waals surface area (Å²) in [6.07, 6.45) is 8.82. The average molecular weight is 234 g/mol. The van der Waals surface area contributed by atoms with Gasteiger partial charge in [0.1, 0.15) is 0 Å². The summed E-state index contributed by atoms with van der Waals surface area (Å²) in [6.45, 7) is 2.58. The topological polar surface area (TPSA) is 34.0 Å². The first kappa shape index (κ1) is 11.2. The van der Waals surface area contributed by atoms with Gasteiger partial charge in [-0.2, -0.15) is 0 Å². The molecule has 1 aromatic rings. The van der Waals surface area contributed by atoms with E-state index in [0.717, 1.165) is 12.3 Å². The second kappa shape index (κ2) is 4.09. The van der Waals surface area contributed by atoms with Gasteiger partial charge >= 0.3 is 0 Å². The second-order valence-electron chi connectivity index (χ2n) is 6.17. The van der Waals surface area contributed by atoms with E-state index in [-0.39, 0.29) is 0 Å². The molecule has 0 amide bonds. The molecule has 4 nitrogen and oxygen atoms in total. The Bertz CT molecular complexity index is 382. The van der Waals surface area contributed by atoms with E-state index in [2.05, 4.69) is 28.5 Å². The first-order valence-corrected chi connectivity index (χ1v) is 6.69. The van der Waals surface area contributed by atoms with Crippen molar-refractivity contribution in [3.05, 3.63) is 11.9 Å². The van der Waals surface area contributed by atoms with Crippen molar-refractivity contribution in [3.8, 4) is 0 Å². The van der Waals surface area contributed by atoms with Gasteiger partial charge in [-0.3, -0.25) is 4.68 Å². The molecule has 1 aromatic heterocycles. The summed E-state index contributed by atoms with van der Waals surface area (Å²) in [5.74, 6) is 0.857. The van der Waals surface area contributed by atoms with Crippen molar-refractivity contribution in [1.82, 2.24) is 19.9 Å². The van der Waals surface area contributed by atoms with E-state index in [1.165, 1.54) is 44.5 Å². The number of aryl methyl sites for hydroxylation is 1. The van der Waals surface area contributed by atoms with Crippen molar-refractivity contribution < 1.29 is 0 Å². The SMILES string of the molecule is CN1CCC2(CC1)CC(Cc1cn(C)nn1)C2. The van der Waals surface area contributed by atoms with Crippen LogP contribution in [0.4, 0.5) is 0 Å². The standard InChI is InChI=1S/C13H22N4/c1-16-5-3-13(4-6-16)8-11(9-13)7-12-10-17(2)15-14-12/h10-11H,3-9H2,1-2H3. The zero-order valence-corrected chi connectivity index (χ0v) is 10.9. The molecule has 0 atom stereocenters. The Kier molecular flexibility index (Phi) is 2.69. The molecule has 3 rings (SSSR count). The Labute approximate surface area is 103 Å². The first-order chi connectivity index (χ1) is 8.15. The van der Waals surface area contributed by atoms with Crippen molar-refractivity contribution in [2.45, 2.75) is 32.1 Å². The lowest BCUT2D eigenvalue weighted by Gasteiger charge is -2.52. The van der Waals surface area contributed by atoms with Crippen LogP contribution in [-0.2, 0) is 13.5 Å². The third-order valence-corrected chi connectivity index (χ3v) is 4.64. The van der Waals surface area contributed by atoms with Gasteiger partial charge in [0, 0.05) is 13.2 Å². The summed E-state index contributed by atoms with van der Waals surface area (Å²) in [7, 11) is 4.18. The lowest BCUT2D eigenvalue weighted by molar-refractivity contribution is -0.00680. The van der Waals surface area contributed by atoms with E-state index < -0.39 is 0 Å². The first-order valence-electron chi connectivity index (χ1n) is 6.69. The number of likely N-dealkylation sites (tertiary alicyclic amines) is 1. The maximum atomic E-state index is 4.19. The minimum atomic E-state index is 0.694. The van der Waals surface area contributed by atoms with Gasteiger partial charge in [-0.05, 0) is 63.6 Å². The normalized spacial score (nSPS) is 25.1. The predicted octanol–water partition coefficient (Wildman–Crippen LogP) is 1.48. The Hall–Kier alpha value is -0.900. The fourth-order valence-electron chi connectivity index (χ4n) is 3.59. The molecule has 2 fully saturated rings. The van der Waals surface area contributed by atoms with Gasteiger partial charge in [0.15, 0.2) is 0 Å². The molecule has 0 radical (unpaired) electrons. The van der Waals surface area contributed by atoms with Gasteiger partial charge in [0.05, 0.1) is 5.69 Å². The number of piperidine rings is 1. The largest absolute Gasteiger partial charge is 0.306 e. The molecule has 17 heavy (non-hydrogen) atoms. The lowest BCUT2D eigenvalue weighted by atomic mass is 9.56. The molecule has 94 valence electrons. The highest BCUT2D eigenvalue weighted by molar-refractivity contribution is 5.02. The van der Waals surface area contributed by atoms with Gasteiger partial charge in [0.25, 0.3) is 0 Å². The van der Waals surface area contributed by atoms with Crippen LogP contribution in [0, 0.1) is 11.3 Å². The van der Waals surface area contributed by atoms with Crippen molar-refractivity contribution in [2.24, 2.45) is 18.4 Å². The monoisotopic (exact) mass is 234 g/mol. The minimum Gasteiger partial charge on any atom is -0.306 e. The molecule has 1 aliphatic heterocycles. The van der Waals surface area contributed by atoms with Crippen molar-refractivity contribution in [3.63, 3.8) is 0 Å². The Balaban J connectivity index is 1.51. The highest BCUT2D eigenvalue weighted by Crippen LogP contribution is 2.53. The fraction of sp³-hybridized carbons (Fsp3) is 0.846. The number of nitrogens with zero attached hydrogens (tertiary/aromatic N) is 4. The number of hydrogen-bond donors (Lipinski definition) is 0. The zero-order chi connectivity index (χ0) is 11.9. The molecule has 0 N–H and O–H groups in total. The highest BCUT2D eigenvalue weighted by atomic mass is 15.4. The lowest BCUT2D eigenvalue weighted by Crippen LogP contribution is -2.46. The van der Waals surface area contributed by atoms with Crippen molar-refractivity contribution in [1.29, 1.82) is 0 Å².